The van der Waals surface area contributed by atoms with Gasteiger partial charge in [-0.05, 0) is 56.1 Å². The molecule has 0 spiro atoms. The van der Waals surface area contributed by atoms with Crippen molar-refractivity contribution in [2.45, 2.75) is 44.6 Å². The molecule has 2 aromatic carbocycles. The number of hydrogen-bond acceptors (Lipinski definition) is 2. The van der Waals surface area contributed by atoms with Gasteiger partial charge in [0.15, 0.2) is 0 Å². The molecule has 2 unspecified atom stereocenters. The summed E-state index contributed by atoms with van der Waals surface area (Å²) in [6.07, 6.45) is 3.58. The highest BCUT2D eigenvalue weighted by atomic mass is 16.4. The maximum Gasteiger partial charge on any atom is 0.315 e. The van der Waals surface area contributed by atoms with Crippen molar-refractivity contribution in [2.24, 2.45) is 0 Å². The molecule has 0 bridgehead atoms. The van der Waals surface area contributed by atoms with Crippen LogP contribution in [0.4, 0.5) is 0 Å². The van der Waals surface area contributed by atoms with Gasteiger partial charge in [0.25, 0.3) is 0 Å². The Balaban J connectivity index is 2.11. The molecule has 2 aromatic rings. The standard InChI is InChI=1S/C20H25NO2/c1-15(21-13-6-3-7-14-21)20(2,19(22)23)18-12-8-10-16-9-4-5-11-17(16)18/h4-5,8-12,15H,3,6-7,13-14H2,1-2H3,(H,22,23). The number of benzene rings is 2. The summed E-state index contributed by atoms with van der Waals surface area (Å²) in [7, 11) is 0. The zero-order chi connectivity index (χ0) is 16.4. The minimum atomic E-state index is -0.918. The van der Waals surface area contributed by atoms with Crippen LogP contribution in [0.2, 0.25) is 0 Å². The third-order valence-electron chi connectivity index (χ3n) is 5.57. The van der Waals surface area contributed by atoms with Crippen LogP contribution in [-0.2, 0) is 10.2 Å². The molecule has 1 heterocycles. The van der Waals surface area contributed by atoms with Crippen LogP contribution in [-0.4, -0.2) is 35.1 Å². The molecule has 0 radical (unpaired) electrons. The molecule has 0 aliphatic carbocycles. The van der Waals surface area contributed by atoms with Gasteiger partial charge >= 0.3 is 5.97 Å². The molecule has 3 rings (SSSR count). The molecule has 2 atom stereocenters. The van der Waals surface area contributed by atoms with Gasteiger partial charge in [-0.15, -0.1) is 0 Å². The highest BCUT2D eigenvalue weighted by Gasteiger charge is 2.44. The molecule has 0 saturated carbocycles. The Hall–Kier alpha value is -1.87. The van der Waals surface area contributed by atoms with Crippen molar-refractivity contribution in [1.29, 1.82) is 0 Å². The lowest BCUT2D eigenvalue weighted by atomic mass is 9.73. The first-order chi connectivity index (χ1) is 11.0. The number of likely N-dealkylation sites (tertiary alicyclic amines) is 1. The molecule has 1 fully saturated rings. The second-order valence-electron chi connectivity index (χ2n) is 6.81. The van der Waals surface area contributed by atoms with E-state index >= 15 is 0 Å². The van der Waals surface area contributed by atoms with Crippen molar-refractivity contribution in [2.75, 3.05) is 13.1 Å². The van der Waals surface area contributed by atoms with E-state index in [0.717, 1.165) is 42.3 Å². The average molecular weight is 311 g/mol. The Bertz CT molecular complexity index is 700. The van der Waals surface area contributed by atoms with E-state index in [1.807, 2.05) is 49.4 Å². The molecule has 3 heteroatoms. The summed E-state index contributed by atoms with van der Waals surface area (Å²) >= 11 is 0. The Kier molecular flexibility index (Phi) is 4.40. The maximum absolute atomic E-state index is 12.3. The highest BCUT2D eigenvalue weighted by Crippen LogP contribution is 2.36. The number of piperidine rings is 1. The predicted molar refractivity (Wildman–Crippen MR) is 93.8 cm³/mol. The molecule has 0 aromatic heterocycles. The van der Waals surface area contributed by atoms with E-state index in [9.17, 15) is 9.90 Å². The zero-order valence-corrected chi connectivity index (χ0v) is 14.0. The van der Waals surface area contributed by atoms with E-state index in [1.165, 1.54) is 6.42 Å². The fourth-order valence-corrected chi connectivity index (χ4v) is 3.87. The summed E-state index contributed by atoms with van der Waals surface area (Å²) in [6, 6.07) is 14.0. The van der Waals surface area contributed by atoms with Crippen molar-refractivity contribution in [3.63, 3.8) is 0 Å². The van der Waals surface area contributed by atoms with Gasteiger partial charge in [0.2, 0.25) is 0 Å². The van der Waals surface area contributed by atoms with E-state index in [4.69, 9.17) is 0 Å². The summed E-state index contributed by atoms with van der Waals surface area (Å²) < 4.78 is 0. The Morgan fingerprint density at radius 3 is 2.43 bits per heavy atom. The van der Waals surface area contributed by atoms with Gasteiger partial charge in [-0.1, -0.05) is 48.9 Å². The van der Waals surface area contributed by atoms with Crippen molar-refractivity contribution in [3.8, 4) is 0 Å². The summed E-state index contributed by atoms with van der Waals surface area (Å²) in [5.74, 6) is -0.744. The molecule has 1 saturated heterocycles. The molecule has 3 nitrogen and oxygen atoms in total. The number of aliphatic carboxylic acids is 1. The predicted octanol–water partition coefficient (Wildman–Crippen LogP) is 4.06. The first kappa shape index (κ1) is 16.0. The summed E-state index contributed by atoms with van der Waals surface area (Å²) in [4.78, 5) is 14.7. The number of nitrogens with zero attached hydrogens (tertiary/aromatic N) is 1. The van der Waals surface area contributed by atoms with Crippen LogP contribution >= 0.6 is 0 Å². The van der Waals surface area contributed by atoms with Crippen molar-refractivity contribution >= 4 is 16.7 Å². The van der Waals surface area contributed by atoms with Crippen LogP contribution < -0.4 is 0 Å². The average Bonchev–Trinajstić information content (AvgIpc) is 2.60. The van der Waals surface area contributed by atoms with Crippen molar-refractivity contribution < 1.29 is 9.90 Å². The second-order valence-corrected chi connectivity index (χ2v) is 6.81. The van der Waals surface area contributed by atoms with Crippen LogP contribution in [0.1, 0.15) is 38.7 Å². The van der Waals surface area contributed by atoms with Gasteiger partial charge in [-0.2, -0.15) is 0 Å². The Labute approximate surface area is 137 Å². The molecule has 1 aliphatic heterocycles. The fraction of sp³-hybridized carbons (Fsp3) is 0.450. The number of carbonyl (C=O) groups is 1. The summed E-state index contributed by atoms with van der Waals surface area (Å²) in [6.45, 7) is 5.95. The molecule has 1 aliphatic rings. The zero-order valence-electron chi connectivity index (χ0n) is 14.0. The second kappa shape index (κ2) is 6.32. The van der Waals surface area contributed by atoms with Crippen LogP contribution in [0.15, 0.2) is 42.5 Å². The lowest BCUT2D eigenvalue weighted by Gasteiger charge is -2.42. The van der Waals surface area contributed by atoms with Crippen LogP contribution in [0, 0.1) is 0 Å². The topological polar surface area (TPSA) is 40.5 Å². The summed E-state index contributed by atoms with van der Waals surface area (Å²) in [5.41, 5.74) is -0.000696. The van der Waals surface area contributed by atoms with Crippen molar-refractivity contribution in [1.82, 2.24) is 4.90 Å². The van der Waals surface area contributed by atoms with Crippen molar-refractivity contribution in [3.05, 3.63) is 48.0 Å². The van der Waals surface area contributed by atoms with E-state index < -0.39 is 11.4 Å². The quantitative estimate of drug-likeness (QED) is 0.926. The van der Waals surface area contributed by atoms with Crippen LogP contribution in [0.3, 0.4) is 0 Å². The Morgan fingerprint density at radius 1 is 1.09 bits per heavy atom. The third kappa shape index (κ3) is 2.74. The minimum absolute atomic E-state index is 0.0360. The van der Waals surface area contributed by atoms with Gasteiger partial charge in [0.1, 0.15) is 5.41 Å². The third-order valence-corrected chi connectivity index (χ3v) is 5.57. The van der Waals surface area contributed by atoms with Gasteiger partial charge in [-0.25, -0.2) is 0 Å². The highest BCUT2D eigenvalue weighted by molar-refractivity contribution is 5.93. The molecular formula is C20H25NO2. The smallest absolute Gasteiger partial charge is 0.315 e. The normalized spacial score (nSPS) is 20.1. The SMILES string of the molecule is CC(N1CCCCC1)C(C)(C(=O)O)c1cccc2ccccc12. The first-order valence-electron chi connectivity index (χ1n) is 8.51. The molecule has 122 valence electrons. The molecule has 0 amide bonds. The molecule has 23 heavy (non-hydrogen) atoms. The number of carboxylic acids is 1. The Morgan fingerprint density at radius 2 is 1.74 bits per heavy atom. The molecular weight excluding hydrogens is 286 g/mol. The minimum Gasteiger partial charge on any atom is -0.481 e. The van der Waals surface area contributed by atoms with E-state index in [-0.39, 0.29) is 6.04 Å². The monoisotopic (exact) mass is 311 g/mol. The van der Waals surface area contributed by atoms with E-state index in [1.54, 1.807) is 0 Å². The lowest BCUT2D eigenvalue weighted by Crippen LogP contribution is -2.53. The van der Waals surface area contributed by atoms with E-state index in [2.05, 4.69) is 11.8 Å². The van der Waals surface area contributed by atoms with Crippen LogP contribution in [0.5, 0.6) is 0 Å². The lowest BCUT2D eigenvalue weighted by molar-refractivity contribution is -0.146. The van der Waals surface area contributed by atoms with Gasteiger partial charge in [0.05, 0.1) is 0 Å². The van der Waals surface area contributed by atoms with Crippen LogP contribution in [0.25, 0.3) is 10.8 Å². The van der Waals surface area contributed by atoms with Gasteiger partial charge in [-0.3, -0.25) is 9.69 Å². The van der Waals surface area contributed by atoms with Gasteiger partial charge < -0.3 is 5.11 Å². The molecule has 1 N–H and O–H groups in total. The number of fused-ring (bicyclic) bond motifs is 1. The fourth-order valence-electron chi connectivity index (χ4n) is 3.87. The number of carboxylic acid groups (broad SMARTS) is 1. The summed E-state index contributed by atoms with van der Waals surface area (Å²) in [5, 5.41) is 12.3. The number of rotatable bonds is 4. The van der Waals surface area contributed by atoms with E-state index in [0.29, 0.717) is 0 Å². The first-order valence-corrected chi connectivity index (χ1v) is 8.51. The number of hydrogen-bond donors (Lipinski definition) is 1. The van der Waals surface area contributed by atoms with Gasteiger partial charge in [0, 0.05) is 6.04 Å². The largest absolute Gasteiger partial charge is 0.481 e. The maximum atomic E-state index is 12.3.